The van der Waals surface area contributed by atoms with Gasteiger partial charge in [0.1, 0.15) is 0 Å². The number of para-hydroxylation sites is 1. The Morgan fingerprint density at radius 1 is 1.35 bits per heavy atom. The predicted molar refractivity (Wildman–Crippen MR) is 81.9 cm³/mol. The molecule has 2 rings (SSSR count). The Labute approximate surface area is 122 Å². The number of aromatic nitrogens is 2. The number of carbonyl (C=O) groups excluding carboxylic acids is 1. The monoisotopic (exact) mass is 288 g/mol. The molecule has 0 aliphatic carbocycles. The molecule has 1 aromatic carbocycles. The van der Waals surface area contributed by atoms with E-state index in [0.29, 0.717) is 23.5 Å². The highest BCUT2D eigenvalue weighted by Gasteiger charge is 2.08. The lowest BCUT2D eigenvalue weighted by molar-refractivity contribution is 0.0953. The van der Waals surface area contributed by atoms with Crippen molar-refractivity contribution in [3.8, 4) is 5.69 Å². The minimum absolute atomic E-state index is 0.143. The van der Waals surface area contributed by atoms with Crippen molar-refractivity contribution in [3.05, 3.63) is 48.3 Å². The van der Waals surface area contributed by atoms with Crippen molar-refractivity contribution in [1.29, 1.82) is 0 Å². The Morgan fingerprint density at radius 2 is 2.10 bits per heavy atom. The highest BCUT2D eigenvalue weighted by molar-refractivity contribution is 7.80. The van der Waals surface area contributed by atoms with Gasteiger partial charge in [-0.3, -0.25) is 4.79 Å². The molecule has 0 aliphatic heterocycles. The molecule has 1 aromatic heterocycles. The zero-order valence-electron chi connectivity index (χ0n) is 11.0. The molecule has 0 fully saturated rings. The molecular formula is C14H16N4OS. The van der Waals surface area contributed by atoms with Crippen molar-refractivity contribution in [1.82, 2.24) is 15.1 Å². The molecule has 2 aromatic rings. The van der Waals surface area contributed by atoms with Crippen LogP contribution in [0.2, 0.25) is 0 Å². The van der Waals surface area contributed by atoms with Gasteiger partial charge in [0.15, 0.2) is 0 Å². The van der Waals surface area contributed by atoms with Gasteiger partial charge in [-0.2, -0.15) is 5.10 Å². The van der Waals surface area contributed by atoms with Crippen LogP contribution in [-0.2, 0) is 0 Å². The Kier molecular flexibility index (Phi) is 4.84. The van der Waals surface area contributed by atoms with E-state index in [2.05, 4.69) is 10.4 Å². The van der Waals surface area contributed by atoms with Crippen LogP contribution in [0.3, 0.4) is 0 Å². The third-order valence-electron chi connectivity index (χ3n) is 2.75. The molecule has 5 nitrogen and oxygen atoms in total. The Bertz CT molecular complexity index is 594. The third kappa shape index (κ3) is 3.89. The van der Waals surface area contributed by atoms with Crippen LogP contribution in [0, 0.1) is 0 Å². The van der Waals surface area contributed by atoms with Crippen molar-refractivity contribution in [2.45, 2.75) is 12.8 Å². The van der Waals surface area contributed by atoms with E-state index in [9.17, 15) is 4.79 Å². The SMILES string of the molecule is NC(=S)CCCNC(=O)c1cnn(-c2ccccc2)c1. The quantitative estimate of drug-likeness (QED) is 0.626. The number of benzene rings is 1. The molecule has 104 valence electrons. The van der Waals surface area contributed by atoms with Crippen LogP contribution in [0.4, 0.5) is 0 Å². The van der Waals surface area contributed by atoms with Crippen LogP contribution >= 0.6 is 12.2 Å². The standard InChI is InChI=1S/C14H16N4OS/c15-13(20)7-4-8-16-14(19)11-9-17-18(10-11)12-5-2-1-3-6-12/h1-3,5-6,9-10H,4,7-8H2,(H2,15,20)(H,16,19). The zero-order chi connectivity index (χ0) is 14.4. The first kappa shape index (κ1) is 14.2. The first-order valence-electron chi connectivity index (χ1n) is 6.33. The van der Waals surface area contributed by atoms with Gasteiger partial charge in [0.05, 0.1) is 22.4 Å². The molecule has 0 radical (unpaired) electrons. The van der Waals surface area contributed by atoms with Crippen molar-refractivity contribution < 1.29 is 4.79 Å². The summed E-state index contributed by atoms with van der Waals surface area (Å²) in [7, 11) is 0. The fraction of sp³-hybridized carbons (Fsp3) is 0.214. The predicted octanol–water partition coefficient (Wildman–Crippen LogP) is 1.67. The Balaban J connectivity index is 1.92. The average molecular weight is 288 g/mol. The number of hydrogen-bond acceptors (Lipinski definition) is 3. The fourth-order valence-electron chi connectivity index (χ4n) is 1.73. The summed E-state index contributed by atoms with van der Waals surface area (Å²) >= 11 is 4.78. The zero-order valence-corrected chi connectivity index (χ0v) is 11.8. The Hall–Kier alpha value is -2.21. The van der Waals surface area contributed by atoms with Gasteiger partial charge in [-0.05, 0) is 25.0 Å². The summed E-state index contributed by atoms with van der Waals surface area (Å²) < 4.78 is 1.67. The fourth-order valence-corrected chi connectivity index (χ4v) is 1.87. The molecule has 0 bridgehead atoms. The van der Waals surface area contributed by atoms with E-state index in [0.717, 1.165) is 12.1 Å². The number of carbonyl (C=O) groups is 1. The minimum atomic E-state index is -0.143. The van der Waals surface area contributed by atoms with Crippen LogP contribution in [0.5, 0.6) is 0 Å². The van der Waals surface area contributed by atoms with Crippen LogP contribution in [0.1, 0.15) is 23.2 Å². The highest BCUT2D eigenvalue weighted by Crippen LogP contribution is 2.07. The lowest BCUT2D eigenvalue weighted by Gasteiger charge is -2.02. The molecule has 0 saturated carbocycles. The largest absolute Gasteiger partial charge is 0.393 e. The number of amides is 1. The number of nitrogens with two attached hydrogens (primary N) is 1. The summed E-state index contributed by atoms with van der Waals surface area (Å²) in [6.07, 6.45) is 4.64. The molecule has 3 N–H and O–H groups in total. The first-order valence-corrected chi connectivity index (χ1v) is 6.74. The van der Waals surface area contributed by atoms with Crippen LogP contribution < -0.4 is 11.1 Å². The summed E-state index contributed by atoms with van der Waals surface area (Å²) in [6.45, 7) is 0.548. The van der Waals surface area contributed by atoms with Crippen molar-refractivity contribution >= 4 is 23.1 Å². The van der Waals surface area contributed by atoms with Gasteiger partial charge in [-0.15, -0.1) is 0 Å². The molecule has 1 heterocycles. The third-order valence-corrected chi connectivity index (χ3v) is 2.96. The van der Waals surface area contributed by atoms with Crippen LogP contribution in [-0.4, -0.2) is 27.2 Å². The molecule has 20 heavy (non-hydrogen) atoms. The van der Waals surface area contributed by atoms with E-state index in [4.69, 9.17) is 18.0 Å². The van der Waals surface area contributed by atoms with Crippen molar-refractivity contribution in [2.75, 3.05) is 6.54 Å². The van der Waals surface area contributed by atoms with Crippen LogP contribution in [0.15, 0.2) is 42.7 Å². The normalized spacial score (nSPS) is 10.2. The van der Waals surface area contributed by atoms with E-state index in [1.807, 2.05) is 30.3 Å². The maximum Gasteiger partial charge on any atom is 0.254 e. The second-order valence-corrected chi connectivity index (χ2v) is 4.86. The van der Waals surface area contributed by atoms with Gasteiger partial charge in [-0.25, -0.2) is 4.68 Å². The van der Waals surface area contributed by atoms with Crippen molar-refractivity contribution in [2.24, 2.45) is 5.73 Å². The summed E-state index contributed by atoms with van der Waals surface area (Å²) in [6, 6.07) is 9.63. The van der Waals surface area contributed by atoms with Gasteiger partial charge in [0.2, 0.25) is 0 Å². The number of nitrogens with zero attached hydrogens (tertiary/aromatic N) is 2. The molecule has 6 heteroatoms. The van der Waals surface area contributed by atoms with E-state index in [-0.39, 0.29) is 5.91 Å². The van der Waals surface area contributed by atoms with Gasteiger partial charge >= 0.3 is 0 Å². The molecule has 0 spiro atoms. The van der Waals surface area contributed by atoms with E-state index < -0.39 is 0 Å². The smallest absolute Gasteiger partial charge is 0.254 e. The average Bonchev–Trinajstić information content (AvgIpc) is 2.94. The molecule has 1 amide bonds. The van der Waals surface area contributed by atoms with Gasteiger partial charge < -0.3 is 11.1 Å². The molecule has 0 atom stereocenters. The molecule has 0 saturated heterocycles. The highest BCUT2D eigenvalue weighted by atomic mass is 32.1. The molecular weight excluding hydrogens is 272 g/mol. The number of hydrogen-bond donors (Lipinski definition) is 2. The van der Waals surface area contributed by atoms with Gasteiger partial charge in [0, 0.05) is 12.7 Å². The lowest BCUT2D eigenvalue weighted by atomic mass is 10.3. The lowest BCUT2D eigenvalue weighted by Crippen LogP contribution is -2.25. The molecule has 0 aliphatic rings. The van der Waals surface area contributed by atoms with E-state index in [1.165, 1.54) is 0 Å². The number of thiocarbonyl (C=S) groups is 1. The van der Waals surface area contributed by atoms with E-state index >= 15 is 0 Å². The maximum absolute atomic E-state index is 11.9. The minimum Gasteiger partial charge on any atom is -0.393 e. The second kappa shape index (κ2) is 6.81. The molecule has 0 unspecified atom stereocenters. The summed E-state index contributed by atoms with van der Waals surface area (Å²) in [4.78, 5) is 12.4. The van der Waals surface area contributed by atoms with Gasteiger partial charge in [0.25, 0.3) is 5.91 Å². The van der Waals surface area contributed by atoms with Gasteiger partial charge in [-0.1, -0.05) is 30.4 Å². The van der Waals surface area contributed by atoms with E-state index in [1.54, 1.807) is 17.1 Å². The summed E-state index contributed by atoms with van der Waals surface area (Å²) in [5, 5.41) is 6.99. The maximum atomic E-state index is 11.9. The van der Waals surface area contributed by atoms with Crippen molar-refractivity contribution in [3.63, 3.8) is 0 Å². The summed E-state index contributed by atoms with van der Waals surface area (Å²) in [5.74, 6) is -0.143. The Morgan fingerprint density at radius 3 is 2.80 bits per heavy atom. The second-order valence-electron chi connectivity index (χ2n) is 4.33. The first-order chi connectivity index (χ1) is 9.66. The van der Waals surface area contributed by atoms with Crippen LogP contribution in [0.25, 0.3) is 5.69 Å². The topological polar surface area (TPSA) is 72.9 Å². The number of rotatable bonds is 6. The number of nitrogens with one attached hydrogen (secondary N) is 1. The summed E-state index contributed by atoms with van der Waals surface area (Å²) in [5.41, 5.74) is 6.84.